The Balaban J connectivity index is 2.27. The van der Waals surface area contributed by atoms with E-state index in [4.69, 9.17) is 0 Å². The molecule has 0 bridgehead atoms. The fourth-order valence-electron chi connectivity index (χ4n) is 3.12. The average molecular weight is 385 g/mol. The predicted molar refractivity (Wildman–Crippen MR) is 112 cm³/mol. The number of benzene rings is 1. The number of rotatable bonds is 13. The van der Waals surface area contributed by atoms with Crippen LogP contribution in [0.15, 0.2) is 29.2 Å². The van der Waals surface area contributed by atoms with E-state index in [-0.39, 0.29) is 0 Å². The summed E-state index contributed by atoms with van der Waals surface area (Å²) in [4.78, 5) is 0.426. The van der Waals surface area contributed by atoms with E-state index in [1.54, 1.807) is 12.1 Å². The minimum Gasteiger partial charge on any atom is -0.212 e. The fraction of sp³-hybridized carbons (Fsp3) is 0.714. The zero-order valence-electron chi connectivity index (χ0n) is 16.5. The Morgan fingerprint density at radius 1 is 0.920 bits per heavy atom. The molecule has 0 spiro atoms. The first-order valence-electron chi connectivity index (χ1n) is 9.81. The van der Waals surface area contributed by atoms with Crippen molar-refractivity contribution in [3.05, 3.63) is 29.8 Å². The highest BCUT2D eigenvalue weighted by Gasteiger charge is 2.18. The van der Waals surface area contributed by atoms with Crippen LogP contribution in [-0.2, 0) is 8.87 Å². The van der Waals surface area contributed by atoms with E-state index in [0.29, 0.717) is 22.5 Å². The summed E-state index contributed by atoms with van der Waals surface area (Å²) in [5, 5.41) is 0. The van der Waals surface area contributed by atoms with Gasteiger partial charge in [0.1, 0.15) is 0 Å². The first-order valence-corrected chi connectivity index (χ1v) is 12.8. The average Bonchev–Trinajstić information content (AvgIpc) is 2.57. The van der Waals surface area contributed by atoms with Crippen molar-refractivity contribution >= 4 is 19.7 Å². The molecule has 0 aromatic heterocycles. The zero-order chi connectivity index (χ0) is 18.7. The predicted octanol–water partition coefficient (Wildman–Crippen LogP) is 6.83. The summed E-state index contributed by atoms with van der Waals surface area (Å²) < 4.78 is 24.8. The summed E-state index contributed by atoms with van der Waals surface area (Å²) in [6, 6.07) is 7.14. The monoisotopic (exact) mass is 384 g/mol. The smallest absolute Gasteiger partial charge is 0.212 e. The van der Waals surface area contributed by atoms with Crippen LogP contribution < -0.4 is 0 Å². The molecule has 144 valence electrons. The first-order chi connectivity index (χ1) is 11.8. The van der Waals surface area contributed by atoms with Gasteiger partial charge >= 0.3 is 0 Å². The fourth-order valence-corrected chi connectivity index (χ4v) is 6.25. The van der Waals surface area contributed by atoms with E-state index in [0.717, 1.165) is 22.8 Å². The van der Waals surface area contributed by atoms with Crippen LogP contribution in [0.3, 0.4) is 0 Å². The van der Waals surface area contributed by atoms with Gasteiger partial charge in [-0.25, -0.2) is 8.42 Å². The normalized spacial score (nSPS) is 14.4. The second-order valence-electron chi connectivity index (χ2n) is 7.55. The Morgan fingerprint density at radius 3 is 2.16 bits per heavy atom. The molecule has 4 heteroatoms. The van der Waals surface area contributed by atoms with E-state index in [2.05, 4.69) is 20.8 Å². The molecule has 0 amide bonds. The molecule has 1 aromatic carbocycles. The third-order valence-corrected chi connectivity index (χ3v) is 8.45. The molecule has 1 rings (SSSR count). The molecular weight excluding hydrogens is 348 g/mol. The molecule has 0 fully saturated rings. The lowest BCUT2D eigenvalue weighted by Gasteiger charge is -2.17. The van der Waals surface area contributed by atoms with Crippen LogP contribution in [0.4, 0.5) is 0 Å². The minimum absolute atomic E-state index is 0.426. The maximum Gasteiger partial charge on any atom is 0.230 e. The van der Waals surface area contributed by atoms with E-state index in [9.17, 15) is 8.42 Å². The molecule has 25 heavy (non-hydrogen) atoms. The zero-order valence-corrected chi connectivity index (χ0v) is 18.1. The lowest BCUT2D eigenvalue weighted by Crippen LogP contribution is -2.08. The lowest BCUT2D eigenvalue weighted by atomic mass is 9.93. The third-order valence-electron chi connectivity index (χ3n) is 4.67. The molecule has 2 nitrogen and oxygen atoms in total. The minimum atomic E-state index is -3.22. The first kappa shape index (κ1) is 22.6. The maximum absolute atomic E-state index is 12.4. The molecule has 0 heterocycles. The van der Waals surface area contributed by atoms with Crippen molar-refractivity contribution in [2.24, 2.45) is 11.8 Å². The van der Waals surface area contributed by atoms with Gasteiger partial charge in [-0.1, -0.05) is 83.4 Å². The van der Waals surface area contributed by atoms with E-state index in [1.807, 2.05) is 19.1 Å². The van der Waals surface area contributed by atoms with Gasteiger partial charge in [0.2, 0.25) is 8.87 Å². The summed E-state index contributed by atoms with van der Waals surface area (Å²) in [6.07, 6.45) is 10.4. The largest absolute Gasteiger partial charge is 0.230 e. The number of aryl methyl sites for hydroxylation is 1. The quantitative estimate of drug-likeness (QED) is 0.276. The summed E-state index contributed by atoms with van der Waals surface area (Å²) in [7, 11) is -2.12. The standard InChI is InChI=1S/C21H36O2S2/c1-5-6-7-8-9-10-11-19(3)16-20(4)17-24-25(22,23)21-14-12-18(2)13-15-21/h12-15,19-20H,5-11,16-17H2,1-4H3. The van der Waals surface area contributed by atoms with Gasteiger partial charge in [-0.05, 0) is 48.1 Å². The van der Waals surface area contributed by atoms with Crippen LogP contribution in [0.2, 0.25) is 0 Å². The molecule has 2 unspecified atom stereocenters. The van der Waals surface area contributed by atoms with E-state index >= 15 is 0 Å². The van der Waals surface area contributed by atoms with Crippen molar-refractivity contribution < 1.29 is 8.42 Å². The highest BCUT2D eigenvalue weighted by Crippen LogP contribution is 2.28. The summed E-state index contributed by atoms with van der Waals surface area (Å²) in [6.45, 7) is 8.70. The number of unbranched alkanes of at least 4 members (excludes halogenated alkanes) is 5. The molecule has 0 aliphatic carbocycles. The Morgan fingerprint density at radius 2 is 1.52 bits per heavy atom. The van der Waals surface area contributed by atoms with Crippen molar-refractivity contribution in [3.8, 4) is 0 Å². The molecule has 0 saturated carbocycles. The summed E-state index contributed by atoms with van der Waals surface area (Å²) in [5.74, 6) is 1.79. The van der Waals surface area contributed by atoms with E-state index < -0.39 is 8.87 Å². The molecular formula is C21H36O2S2. The van der Waals surface area contributed by atoms with Crippen LogP contribution in [-0.4, -0.2) is 14.2 Å². The molecule has 0 saturated heterocycles. The number of hydrogen-bond donors (Lipinski definition) is 0. The summed E-state index contributed by atoms with van der Waals surface area (Å²) >= 11 is 0. The highest BCUT2D eigenvalue weighted by molar-refractivity contribution is 8.72. The number of hydrogen-bond acceptors (Lipinski definition) is 3. The van der Waals surface area contributed by atoms with Crippen LogP contribution >= 0.6 is 10.8 Å². The molecule has 2 atom stereocenters. The van der Waals surface area contributed by atoms with Crippen molar-refractivity contribution in [3.63, 3.8) is 0 Å². The van der Waals surface area contributed by atoms with Crippen molar-refractivity contribution in [2.45, 2.75) is 84.0 Å². The second kappa shape index (κ2) is 12.0. The van der Waals surface area contributed by atoms with Crippen LogP contribution in [0, 0.1) is 18.8 Å². The third kappa shape index (κ3) is 9.69. The molecule has 0 N–H and O–H groups in total. The van der Waals surface area contributed by atoms with Gasteiger partial charge in [0.25, 0.3) is 0 Å². The van der Waals surface area contributed by atoms with Crippen molar-refractivity contribution in [1.82, 2.24) is 0 Å². The van der Waals surface area contributed by atoms with Crippen molar-refractivity contribution in [2.75, 3.05) is 5.75 Å². The van der Waals surface area contributed by atoms with Gasteiger partial charge in [0.15, 0.2) is 0 Å². The van der Waals surface area contributed by atoms with Crippen molar-refractivity contribution in [1.29, 1.82) is 0 Å². The van der Waals surface area contributed by atoms with Gasteiger partial charge < -0.3 is 0 Å². The second-order valence-corrected chi connectivity index (χ2v) is 11.5. The van der Waals surface area contributed by atoms with Gasteiger partial charge in [-0.15, -0.1) is 0 Å². The lowest BCUT2D eigenvalue weighted by molar-refractivity contribution is 0.401. The van der Waals surface area contributed by atoms with Gasteiger partial charge in [0.05, 0.1) is 4.90 Å². The van der Waals surface area contributed by atoms with Crippen LogP contribution in [0.1, 0.15) is 77.7 Å². The summed E-state index contributed by atoms with van der Waals surface area (Å²) in [5.41, 5.74) is 1.08. The molecule has 0 aliphatic rings. The molecule has 0 radical (unpaired) electrons. The topological polar surface area (TPSA) is 34.1 Å². The highest BCUT2D eigenvalue weighted by atomic mass is 33.1. The Hall–Kier alpha value is -0.480. The van der Waals surface area contributed by atoms with Gasteiger partial charge in [-0.3, -0.25) is 0 Å². The van der Waals surface area contributed by atoms with Crippen LogP contribution in [0.5, 0.6) is 0 Å². The Kier molecular flexibility index (Phi) is 10.8. The maximum atomic E-state index is 12.4. The molecule has 1 aromatic rings. The SMILES string of the molecule is CCCCCCCCC(C)CC(C)CSS(=O)(=O)c1ccc(C)cc1. The van der Waals surface area contributed by atoms with Crippen LogP contribution in [0.25, 0.3) is 0 Å². The van der Waals surface area contributed by atoms with Gasteiger partial charge in [-0.2, -0.15) is 0 Å². The van der Waals surface area contributed by atoms with Gasteiger partial charge in [0, 0.05) is 5.75 Å². The molecule has 0 aliphatic heterocycles. The Bertz CT molecular complexity index is 564. The van der Waals surface area contributed by atoms with E-state index in [1.165, 1.54) is 44.9 Å². The Labute approximate surface area is 159 Å².